The van der Waals surface area contributed by atoms with E-state index in [0.717, 1.165) is 0 Å². The molecule has 0 aliphatic carbocycles. The van der Waals surface area contributed by atoms with Gasteiger partial charge in [-0.05, 0) is 11.5 Å². The van der Waals surface area contributed by atoms with Crippen LogP contribution in [0.1, 0.15) is 0 Å². The monoisotopic (exact) mass is 240 g/mol. The minimum Gasteiger partial charge on any atom is -0.508 e. The molecule has 6 heteroatoms. The van der Waals surface area contributed by atoms with Gasteiger partial charge >= 0.3 is 7.82 Å². The van der Waals surface area contributed by atoms with E-state index in [1.165, 1.54) is 12.1 Å². The van der Waals surface area contributed by atoms with Crippen molar-refractivity contribution < 1.29 is 24.0 Å². The van der Waals surface area contributed by atoms with Gasteiger partial charge in [0.25, 0.3) is 0 Å². The van der Waals surface area contributed by atoms with Gasteiger partial charge in [0.1, 0.15) is 11.5 Å². The number of aromatic hydroxyl groups is 1. The lowest BCUT2D eigenvalue weighted by Gasteiger charge is -2.10. The van der Waals surface area contributed by atoms with Gasteiger partial charge in [-0.1, -0.05) is 24.3 Å². The van der Waals surface area contributed by atoms with E-state index < -0.39 is 7.82 Å². The van der Waals surface area contributed by atoms with E-state index >= 15 is 0 Å². The summed E-state index contributed by atoms with van der Waals surface area (Å²) in [4.78, 5) is 17.5. The predicted octanol–water partition coefficient (Wildman–Crippen LogP) is 2.02. The van der Waals surface area contributed by atoms with Crippen LogP contribution in [-0.2, 0) is 4.57 Å². The average molecular weight is 240 g/mol. The van der Waals surface area contributed by atoms with Crippen molar-refractivity contribution in [2.75, 3.05) is 0 Å². The number of benzene rings is 2. The molecule has 0 saturated carbocycles. The molecule has 0 spiro atoms. The van der Waals surface area contributed by atoms with Gasteiger partial charge in [-0.25, -0.2) is 4.57 Å². The fraction of sp³-hybridized carbons (Fsp3) is 0. The van der Waals surface area contributed by atoms with Crippen molar-refractivity contribution in [3.05, 3.63) is 36.4 Å². The normalized spacial score (nSPS) is 11.6. The molecule has 2 aromatic carbocycles. The van der Waals surface area contributed by atoms with Gasteiger partial charge < -0.3 is 9.63 Å². The molecule has 0 radical (unpaired) electrons. The molecule has 0 fully saturated rings. The smallest absolute Gasteiger partial charge is 0.508 e. The minimum atomic E-state index is -4.62. The maximum atomic E-state index is 10.7. The Morgan fingerprint density at radius 3 is 2.50 bits per heavy atom. The number of phenolic OH excluding ortho intramolecular Hbond substituents is 1. The zero-order valence-electron chi connectivity index (χ0n) is 8.07. The maximum Gasteiger partial charge on any atom is 0.524 e. The molecule has 16 heavy (non-hydrogen) atoms. The summed E-state index contributed by atoms with van der Waals surface area (Å²) in [5.74, 6) is -0.147. The first-order valence-electron chi connectivity index (χ1n) is 4.42. The van der Waals surface area contributed by atoms with Gasteiger partial charge in [0.2, 0.25) is 0 Å². The van der Waals surface area contributed by atoms with Gasteiger partial charge in [-0.2, -0.15) is 0 Å². The van der Waals surface area contributed by atoms with Crippen molar-refractivity contribution in [3.63, 3.8) is 0 Å². The molecule has 84 valence electrons. The summed E-state index contributed by atoms with van der Waals surface area (Å²) in [5, 5.41) is 10.6. The number of phenols is 1. The van der Waals surface area contributed by atoms with Crippen LogP contribution in [0.5, 0.6) is 11.5 Å². The summed E-state index contributed by atoms with van der Waals surface area (Å²) in [6, 6.07) is 9.49. The summed E-state index contributed by atoms with van der Waals surface area (Å²) >= 11 is 0. The largest absolute Gasteiger partial charge is 0.524 e. The van der Waals surface area contributed by atoms with Crippen LogP contribution in [0.3, 0.4) is 0 Å². The Labute approximate surface area is 91.2 Å². The Morgan fingerprint density at radius 1 is 1.12 bits per heavy atom. The van der Waals surface area contributed by atoms with Crippen LogP contribution in [-0.4, -0.2) is 14.9 Å². The van der Waals surface area contributed by atoms with Crippen LogP contribution in [0.2, 0.25) is 0 Å². The molecular formula is C10H9O5P. The Hall–Kier alpha value is -1.55. The topological polar surface area (TPSA) is 87.0 Å². The van der Waals surface area contributed by atoms with Crippen LogP contribution < -0.4 is 4.52 Å². The summed E-state index contributed by atoms with van der Waals surface area (Å²) in [7, 11) is -4.62. The van der Waals surface area contributed by atoms with Gasteiger partial charge in [0, 0.05) is 11.5 Å². The predicted molar refractivity (Wildman–Crippen MR) is 58.3 cm³/mol. The third-order valence-electron chi connectivity index (χ3n) is 2.03. The Kier molecular flexibility index (Phi) is 2.59. The fourth-order valence-corrected chi connectivity index (χ4v) is 1.87. The first-order valence-corrected chi connectivity index (χ1v) is 5.96. The van der Waals surface area contributed by atoms with Crippen LogP contribution in [0.15, 0.2) is 36.4 Å². The van der Waals surface area contributed by atoms with Crippen molar-refractivity contribution in [2.24, 2.45) is 0 Å². The Morgan fingerprint density at radius 2 is 1.81 bits per heavy atom. The summed E-state index contributed by atoms with van der Waals surface area (Å²) < 4.78 is 15.2. The van der Waals surface area contributed by atoms with Crippen molar-refractivity contribution in [1.82, 2.24) is 0 Å². The molecule has 0 aromatic heterocycles. The molecular weight excluding hydrogens is 231 g/mol. The number of hydrogen-bond donors (Lipinski definition) is 3. The minimum absolute atomic E-state index is 0.0380. The van der Waals surface area contributed by atoms with Crippen LogP contribution >= 0.6 is 7.82 Å². The molecule has 2 aromatic rings. The lowest BCUT2D eigenvalue weighted by Crippen LogP contribution is -1.91. The highest BCUT2D eigenvalue weighted by molar-refractivity contribution is 7.46. The summed E-state index contributed by atoms with van der Waals surface area (Å²) in [6.07, 6.45) is 0. The average Bonchev–Trinajstić information content (AvgIpc) is 2.14. The highest BCUT2D eigenvalue weighted by Crippen LogP contribution is 2.42. The standard InChI is InChI=1S/C10H9O5P/c11-8-5-7-3-1-2-4-9(7)10(6-8)15-16(12,13)14/h1-6,11H,(H2,12,13,14). The molecule has 0 unspecified atom stereocenters. The summed E-state index contributed by atoms with van der Waals surface area (Å²) in [6.45, 7) is 0. The number of phosphoric ester groups is 1. The number of hydrogen-bond acceptors (Lipinski definition) is 3. The molecule has 5 nitrogen and oxygen atoms in total. The highest BCUT2D eigenvalue weighted by Gasteiger charge is 2.18. The molecule has 0 heterocycles. The first-order chi connectivity index (χ1) is 7.46. The summed E-state index contributed by atoms with van der Waals surface area (Å²) in [5.41, 5.74) is 0. The Balaban J connectivity index is 2.63. The van der Waals surface area contributed by atoms with E-state index in [4.69, 9.17) is 9.79 Å². The van der Waals surface area contributed by atoms with Crippen LogP contribution in [0.25, 0.3) is 10.8 Å². The van der Waals surface area contributed by atoms with E-state index in [-0.39, 0.29) is 11.5 Å². The Bertz CT molecular complexity index is 574. The second kappa shape index (κ2) is 3.79. The highest BCUT2D eigenvalue weighted by atomic mass is 31.2. The van der Waals surface area contributed by atoms with Crippen molar-refractivity contribution in [2.45, 2.75) is 0 Å². The third kappa shape index (κ3) is 2.33. The molecule has 0 bridgehead atoms. The third-order valence-corrected chi connectivity index (χ3v) is 2.46. The van der Waals surface area contributed by atoms with Gasteiger partial charge in [-0.15, -0.1) is 0 Å². The number of rotatable bonds is 2. The van der Waals surface area contributed by atoms with Gasteiger partial charge in [0.05, 0.1) is 0 Å². The van der Waals surface area contributed by atoms with E-state index in [1.807, 2.05) is 0 Å². The zero-order valence-corrected chi connectivity index (χ0v) is 8.96. The second-order valence-electron chi connectivity index (χ2n) is 3.25. The molecule has 3 N–H and O–H groups in total. The van der Waals surface area contributed by atoms with E-state index in [1.54, 1.807) is 24.3 Å². The van der Waals surface area contributed by atoms with E-state index in [9.17, 15) is 9.67 Å². The zero-order chi connectivity index (χ0) is 11.8. The molecule has 2 rings (SSSR count). The van der Waals surface area contributed by atoms with E-state index in [0.29, 0.717) is 10.8 Å². The van der Waals surface area contributed by atoms with Crippen molar-refractivity contribution >= 4 is 18.6 Å². The van der Waals surface area contributed by atoms with E-state index in [2.05, 4.69) is 4.52 Å². The molecule has 0 aliphatic heterocycles. The van der Waals surface area contributed by atoms with Crippen LogP contribution in [0, 0.1) is 0 Å². The van der Waals surface area contributed by atoms with Gasteiger partial charge in [0.15, 0.2) is 0 Å². The van der Waals surface area contributed by atoms with Gasteiger partial charge in [-0.3, -0.25) is 9.79 Å². The lowest BCUT2D eigenvalue weighted by atomic mass is 10.1. The van der Waals surface area contributed by atoms with Crippen LogP contribution in [0.4, 0.5) is 0 Å². The molecule has 0 saturated heterocycles. The lowest BCUT2D eigenvalue weighted by molar-refractivity contribution is 0.284. The van der Waals surface area contributed by atoms with Crippen molar-refractivity contribution in [1.29, 1.82) is 0 Å². The van der Waals surface area contributed by atoms with Crippen molar-refractivity contribution in [3.8, 4) is 11.5 Å². The quantitative estimate of drug-likeness (QED) is 0.699. The SMILES string of the molecule is O=P(O)(O)Oc1cc(O)cc2ccccc12. The molecule has 0 aliphatic rings. The maximum absolute atomic E-state index is 10.7. The first kappa shape index (κ1) is 11.0. The fourth-order valence-electron chi connectivity index (χ4n) is 1.46. The number of phosphoric acid groups is 1. The molecule has 0 atom stereocenters. The second-order valence-corrected chi connectivity index (χ2v) is 4.41. The molecule has 0 amide bonds. The number of fused-ring (bicyclic) bond motifs is 1.